The second kappa shape index (κ2) is 11.9. The number of amides is 2. The van der Waals surface area contributed by atoms with Gasteiger partial charge in [-0.1, -0.05) is 52.7 Å². The SMILES string of the molecule is CC[C@@H](C)NC(=O)[C@@H](C)N(Cc1ccccc1Cl)C(=O)CN(c1ccc(Br)cc1)S(C)(=O)=O. The Balaban J connectivity index is 2.39. The Kier molecular flexibility index (Phi) is 9.75. The molecule has 2 rings (SSSR count). The monoisotopic (exact) mass is 557 g/mol. The molecule has 0 fully saturated rings. The number of hydrogen-bond acceptors (Lipinski definition) is 4. The molecule has 0 unspecified atom stereocenters. The van der Waals surface area contributed by atoms with Crippen molar-refractivity contribution in [3.63, 3.8) is 0 Å². The van der Waals surface area contributed by atoms with Crippen molar-refractivity contribution < 1.29 is 18.0 Å². The van der Waals surface area contributed by atoms with E-state index in [-0.39, 0.29) is 18.5 Å². The summed E-state index contributed by atoms with van der Waals surface area (Å²) >= 11 is 9.63. The lowest BCUT2D eigenvalue weighted by Crippen LogP contribution is -2.52. The lowest BCUT2D eigenvalue weighted by molar-refractivity contribution is -0.139. The first-order valence-electron chi connectivity index (χ1n) is 10.5. The number of carbonyl (C=O) groups is 2. The fourth-order valence-corrected chi connectivity index (χ4v) is 4.39. The van der Waals surface area contributed by atoms with E-state index >= 15 is 0 Å². The largest absolute Gasteiger partial charge is 0.352 e. The van der Waals surface area contributed by atoms with Gasteiger partial charge in [0, 0.05) is 22.1 Å². The van der Waals surface area contributed by atoms with Gasteiger partial charge in [0.25, 0.3) is 0 Å². The van der Waals surface area contributed by atoms with Crippen molar-refractivity contribution in [1.82, 2.24) is 10.2 Å². The van der Waals surface area contributed by atoms with E-state index in [1.165, 1.54) is 4.90 Å². The molecule has 2 aromatic carbocycles. The average molecular weight is 559 g/mol. The Labute approximate surface area is 209 Å². The Bertz CT molecular complexity index is 1080. The maximum Gasteiger partial charge on any atom is 0.244 e. The predicted molar refractivity (Wildman–Crippen MR) is 136 cm³/mol. The third kappa shape index (κ3) is 7.72. The number of rotatable bonds is 10. The standard InChI is InChI=1S/C23H29BrClN3O4S/c1-5-16(2)26-23(30)17(3)27(14-18-8-6-7-9-21(18)25)22(29)15-28(33(4,31)32)20-12-10-19(24)11-13-20/h6-13,16-17H,5,14-15H2,1-4H3,(H,26,30)/t16-,17-/m1/s1. The molecule has 0 aliphatic rings. The highest BCUT2D eigenvalue weighted by molar-refractivity contribution is 9.10. The predicted octanol–water partition coefficient (Wildman–Crippen LogP) is 4.20. The molecular weight excluding hydrogens is 530 g/mol. The number of sulfonamides is 1. The number of carbonyl (C=O) groups excluding carboxylic acids is 2. The summed E-state index contributed by atoms with van der Waals surface area (Å²) in [5, 5.41) is 3.34. The van der Waals surface area contributed by atoms with Crippen LogP contribution >= 0.6 is 27.5 Å². The van der Waals surface area contributed by atoms with Crippen LogP contribution in [0.25, 0.3) is 0 Å². The fourth-order valence-electron chi connectivity index (χ4n) is 3.08. The van der Waals surface area contributed by atoms with E-state index in [0.717, 1.165) is 21.5 Å². The second-order valence-electron chi connectivity index (χ2n) is 7.85. The van der Waals surface area contributed by atoms with Crippen LogP contribution in [-0.4, -0.2) is 50.0 Å². The van der Waals surface area contributed by atoms with E-state index in [2.05, 4.69) is 21.2 Å². The average Bonchev–Trinajstić information content (AvgIpc) is 2.76. The van der Waals surface area contributed by atoms with E-state index in [9.17, 15) is 18.0 Å². The molecule has 1 N–H and O–H groups in total. The first-order chi connectivity index (χ1) is 15.4. The van der Waals surface area contributed by atoms with Gasteiger partial charge in [-0.05, 0) is 56.2 Å². The molecule has 33 heavy (non-hydrogen) atoms. The first-order valence-corrected chi connectivity index (χ1v) is 13.5. The molecule has 10 heteroatoms. The maximum absolute atomic E-state index is 13.4. The van der Waals surface area contributed by atoms with Gasteiger partial charge < -0.3 is 10.2 Å². The molecule has 2 atom stereocenters. The number of nitrogens with zero attached hydrogens (tertiary/aromatic N) is 2. The van der Waals surface area contributed by atoms with Gasteiger partial charge in [-0.3, -0.25) is 13.9 Å². The molecule has 0 aliphatic carbocycles. The van der Waals surface area contributed by atoms with Crippen LogP contribution in [0.15, 0.2) is 53.0 Å². The summed E-state index contributed by atoms with van der Waals surface area (Å²) < 4.78 is 26.8. The minimum Gasteiger partial charge on any atom is -0.352 e. The molecular formula is C23H29BrClN3O4S. The van der Waals surface area contributed by atoms with Crippen molar-refractivity contribution in [2.45, 2.75) is 45.8 Å². The zero-order valence-corrected chi connectivity index (χ0v) is 22.2. The van der Waals surface area contributed by atoms with Crippen molar-refractivity contribution in [2.24, 2.45) is 0 Å². The van der Waals surface area contributed by atoms with Crippen LogP contribution in [-0.2, 0) is 26.2 Å². The summed E-state index contributed by atoms with van der Waals surface area (Å²) in [7, 11) is -3.77. The van der Waals surface area contributed by atoms with Crippen molar-refractivity contribution in [3.05, 3.63) is 63.6 Å². The zero-order valence-electron chi connectivity index (χ0n) is 19.1. The quantitative estimate of drug-likeness (QED) is 0.474. The normalized spacial score (nSPS) is 13.2. The number of anilines is 1. The third-order valence-electron chi connectivity index (χ3n) is 5.26. The number of nitrogens with one attached hydrogen (secondary N) is 1. The summed E-state index contributed by atoms with van der Waals surface area (Å²) in [6, 6.07) is 12.7. The zero-order chi connectivity index (χ0) is 24.8. The van der Waals surface area contributed by atoms with Gasteiger partial charge in [-0.2, -0.15) is 0 Å². The summed E-state index contributed by atoms with van der Waals surface area (Å²) in [4.78, 5) is 27.7. The molecule has 0 saturated heterocycles. The van der Waals surface area contributed by atoms with Gasteiger partial charge >= 0.3 is 0 Å². The molecule has 0 spiro atoms. The number of halogens is 2. The highest BCUT2D eigenvalue weighted by Crippen LogP contribution is 2.23. The van der Waals surface area contributed by atoms with Crippen LogP contribution in [0.2, 0.25) is 5.02 Å². The Hall–Kier alpha value is -2.10. The highest BCUT2D eigenvalue weighted by Gasteiger charge is 2.30. The topological polar surface area (TPSA) is 86.8 Å². The van der Waals surface area contributed by atoms with Crippen molar-refractivity contribution in [3.8, 4) is 0 Å². The van der Waals surface area contributed by atoms with Gasteiger partial charge in [-0.25, -0.2) is 8.42 Å². The van der Waals surface area contributed by atoms with Gasteiger partial charge in [0.2, 0.25) is 21.8 Å². The fraction of sp³-hybridized carbons (Fsp3) is 0.391. The van der Waals surface area contributed by atoms with Gasteiger partial charge in [0.05, 0.1) is 11.9 Å². The molecule has 2 aromatic rings. The number of hydrogen-bond donors (Lipinski definition) is 1. The minimum atomic E-state index is -3.77. The van der Waals surface area contributed by atoms with Crippen molar-refractivity contribution in [1.29, 1.82) is 0 Å². The molecule has 2 amide bonds. The minimum absolute atomic E-state index is 0.0611. The summed E-state index contributed by atoms with van der Waals surface area (Å²) in [6.07, 6.45) is 1.78. The van der Waals surface area contributed by atoms with Crippen LogP contribution in [0.5, 0.6) is 0 Å². The summed E-state index contributed by atoms with van der Waals surface area (Å²) in [5.74, 6) is -0.839. The number of benzene rings is 2. The molecule has 7 nitrogen and oxygen atoms in total. The van der Waals surface area contributed by atoms with E-state index in [4.69, 9.17) is 11.6 Å². The van der Waals surface area contributed by atoms with Crippen molar-refractivity contribution >= 4 is 55.1 Å². The molecule has 0 bridgehead atoms. The molecule has 180 valence electrons. The molecule has 0 aliphatic heterocycles. The van der Waals surface area contributed by atoms with E-state index < -0.39 is 28.5 Å². The third-order valence-corrected chi connectivity index (χ3v) is 7.30. The van der Waals surface area contributed by atoms with E-state index in [1.807, 2.05) is 13.8 Å². The van der Waals surface area contributed by atoms with Crippen molar-refractivity contribution in [2.75, 3.05) is 17.1 Å². The molecule has 0 saturated carbocycles. The van der Waals surface area contributed by atoms with Crippen LogP contribution < -0.4 is 9.62 Å². The Morgan fingerprint density at radius 1 is 1.09 bits per heavy atom. The van der Waals surface area contributed by atoms with Gasteiger partial charge in [-0.15, -0.1) is 0 Å². The smallest absolute Gasteiger partial charge is 0.244 e. The lowest BCUT2D eigenvalue weighted by atomic mass is 10.1. The first kappa shape index (κ1) is 27.1. The Morgan fingerprint density at radius 2 is 1.70 bits per heavy atom. The van der Waals surface area contributed by atoms with Crippen LogP contribution in [0, 0.1) is 0 Å². The second-order valence-corrected chi connectivity index (χ2v) is 11.1. The molecule has 0 heterocycles. The lowest BCUT2D eigenvalue weighted by Gasteiger charge is -2.32. The van der Waals surface area contributed by atoms with E-state index in [0.29, 0.717) is 16.3 Å². The Morgan fingerprint density at radius 3 is 2.24 bits per heavy atom. The summed E-state index contributed by atoms with van der Waals surface area (Å²) in [6.45, 7) is 5.06. The van der Waals surface area contributed by atoms with Crippen LogP contribution in [0.4, 0.5) is 5.69 Å². The van der Waals surface area contributed by atoms with Gasteiger partial charge in [0.15, 0.2) is 0 Å². The van der Waals surface area contributed by atoms with Gasteiger partial charge in [0.1, 0.15) is 12.6 Å². The maximum atomic E-state index is 13.4. The van der Waals surface area contributed by atoms with E-state index in [1.54, 1.807) is 55.5 Å². The molecule has 0 aromatic heterocycles. The molecule has 0 radical (unpaired) electrons. The van der Waals surface area contributed by atoms with Crippen LogP contribution in [0.3, 0.4) is 0 Å². The van der Waals surface area contributed by atoms with Crippen LogP contribution in [0.1, 0.15) is 32.8 Å². The highest BCUT2D eigenvalue weighted by atomic mass is 79.9. The summed E-state index contributed by atoms with van der Waals surface area (Å²) in [5.41, 5.74) is 1.01.